The van der Waals surface area contributed by atoms with Gasteiger partial charge >= 0.3 is 5.92 Å². The Kier molecular flexibility index (Phi) is 8.40. The van der Waals surface area contributed by atoms with Crippen molar-refractivity contribution in [2.24, 2.45) is 0 Å². The summed E-state index contributed by atoms with van der Waals surface area (Å²) in [5.74, 6) is -0.679. The highest BCUT2D eigenvalue weighted by Gasteiger charge is 2.44. The summed E-state index contributed by atoms with van der Waals surface area (Å²) in [5, 5.41) is 3.08. The minimum atomic E-state index is -3.17. The number of nitrogens with one attached hydrogen (secondary N) is 1. The van der Waals surface area contributed by atoms with Crippen LogP contribution in [-0.4, -0.2) is 14.0 Å². The standard InChI is InChI=1S/C26H35F2NSi/c1-20(2)30(21(3)4,22(5)6)18-17-26(27,28)25(24-15-11-8-12-16-24)29-19-23-13-9-7-10-14-23/h7-16,20-22,25,29H,19H2,1-6H3. The number of hydrogen-bond donors (Lipinski definition) is 1. The van der Waals surface area contributed by atoms with Crippen molar-refractivity contribution in [1.82, 2.24) is 5.32 Å². The summed E-state index contributed by atoms with van der Waals surface area (Å²) in [6, 6.07) is 17.4. The Morgan fingerprint density at radius 3 is 1.73 bits per heavy atom. The maximum Gasteiger partial charge on any atom is 0.326 e. The van der Waals surface area contributed by atoms with E-state index in [-0.39, 0.29) is 0 Å². The van der Waals surface area contributed by atoms with E-state index in [0.29, 0.717) is 28.7 Å². The molecule has 0 aliphatic heterocycles. The first kappa shape index (κ1) is 24.3. The van der Waals surface area contributed by atoms with Crippen molar-refractivity contribution in [2.45, 2.75) is 76.7 Å². The van der Waals surface area contributed by atoms with Crippen LogP contribution in [0.1, 0.15) is 58.7 Å². The fourth-order valence-electron chi connectivity index (χ4n) is 4.61. The number of hydrogen-bond acceptors (Lipinski definition) is 1. The Balaban J connectivity index is 2.43. The zero-order chi connectivity index (χ0) is 22.4. The van der Waals surface area contributed by atoms with Gasteiger partial charge in [0.05, 0.1) is 0 Å². The monoisotopic (exact) mass is 427 g/mol. The van der Waals surface area contributed by atoms with Gasteiger partial charge in [0.1, 0.15) is 14.1 Å². The van der Waals surface area contributed by atoms with Gasteiger partial charge in [0.25, 0.3) is 0 Å². The van der Waals surface area contributed by atoms with E-state index in [9.17, 15) is 0 Å². The second kappa shape index (κ2) is 10.4. The molecule has 2 aromatic carbocycles. The first-order chi connectivity index (χ1) is 14.1. The van der Waals surface area contributed by atoms with Gasteiger partial charge < -0.3 is 0 Å². The zero-order valence-corrected chi connectivity index (χ0v) is 20.0. The molecule has 0 saturated heterocycles. The van der Waals surface area contributed by atoms with E-state index >= 15 is 8.78 Å². The quantitative estimate of drug-likeness (QED) is 0.342. The minimum Gasteiger partial charge on any atom is -0.300 e. The molecule has 4 heteroatoms. The molecule has 162 valence electrons. The molecule has 0 spiro atoms. The molecule has 0 aliphatic rings. The van der Waals surface area contributed by atoms with Gasteiger partial charge in [-0.2, -0.15) is 8.78 Å². The van der Waals surface area contributed by atoms with Crippen molar-refractivity contribution in [1.29, 1.82) is 0 Å². The molecule has 2 aromatic rings. The molecule has 0 aliphatic carbocycles. The molecule has 1 N–H and O–H groups in total. The normalized spacial score (nSPS) is 13.4. The predicted octanol–water partition coefficient (Wildman–Crippen LogP) is 7.37. The van der Waals surface area contributed by atoms with Crippen molar-refractivity contribution < 1.29 is 8.78 Å². The van der Waals surface area contributed by atoms with E-state index in [1.165, 1.54) is 0 Å². The van der Waals surface area contributed by atoms with E-state index in [1.54, 1.807) is 24.3 Å². The third-order valence-electron chi connectivity index (χ3n) is 6.16. The maximum atomic E-state index is 15.6. The average Bonchev–Trinajstić information content (AvgIpc) is 2.69. The van der Waals surface area contributed by atoms with Crippen LogP contribution in [0, 0.1) is 11.5 Å². The molecule has 0 bridgehead atoms. The van der Waals surface area contributed by atoms with Crippen LogP contribution >= 0.6 is 0 Å². The second-order valence-corrected chi connectivity index (χ2v) is 14.6. The van der Waals surface area contributed by atoms with Gasteiger partial charge in [-0.05, 0) is 33.7 Å². The highest BCUT2D eigenvalue weighted by atomic mass is 28.3. The second-order valence-electron chi connectivity index (χ2n) is 8.98. The summed E-state index contributed by atoms with van der Waals surface area (Å²) in [5.41, 5.74) is 5.68. The Hall–Kier alpha value is -1.96. The molecule has 0 heterocycles. The van der Waals surface area contributed by atoms with E-state index in [2.05, 4.69) is 58.3 Å². The van der Waals surface area contributed by atoms with Crippen LogP contribution < -0.4 is 5.32 Å². The van der Waals surface area contributed by atoms with E-state index in [1.807, 2.05) is 36.4 Å². The van der Waals surface area contributed by atoms with Crippen LogP contribution in [0.5, 0.6) is 0 Å². The summed E-state index contributed by atoms with van der Waals surface area (Å²) in [4.78, 5) is 0. The van der Waals surface area contributed by atoms with Gasteiger partial charge in [-0.1, -0.05) is 102 Å². The van der Waals surface area contributed by atoms with Crippen molar-refractivity contribution in [3.8, 4) is 11.5 Å². The first-order valence-electron chi connectivity index (χ1n) is 10.9. The molecule has 0 amide bonds. The van der Waals surface area contributed by atoms with E-state index in [4.69, 9.17) is 0 Å². The molecule has 0 radical (unpaired) electrons. The molecule has 30 heavy (non-hydrogen) atoms. The first-order valence-corrected chi connectivity index (χ1v) is 13.1. The van der Waals surface area contributed by atoms with Crippen LogP contribution in [0.3, 0.4) is 0 Å². The predicted molar refractivity (Wildman–Crippen MR) is 126 cm³/mol. The number of halogens is 2. The summed E-state index contributed by atoms with van der Waals surface area (Å²) in [6.45, 7) is 13.2. The van der Waals surface area contributed by atoms with Crippen LogP contribution in [-0.2, 0) is 6.54 Å². The molecule has 1 unspecified atom stereocenters. The molecule has 0 saturated carbocycles. The molecular formula is C26H35F2NSi. The Morgan fingerprint density at radius 1 is 0.800 bits per heavy atom. The lowest BCUT2D eigenvalue weighted by Crippen LogP contribution is -2.44. The SMILES string of the molecule is CC(C)[Si](C#CC(F)(F)C(NCc1ccccc1)c1ccccc1)(C(C)C)C(C)C. The molecule has 2 rings (SSSR count). The molecule has 1 atom stereocenters. The summed E-state index contributed by atoms with van der Waals surface area (Å²) in [6.07, 6.45) is 0. The van der Waals surface area contributed by atoms with E-state index in [0.717, 1.165) is 5.56 Å². The van der Waals surface area contributed by atoms with Crippen LogP contribution in [0.25, 0.3) is 0 Å². The van der Waals surface area contributed by atoms with Gasteiger partial charge in [-0.15, -0.1) is 5.54 Å². The third kappa shape index (κ3) is 5.59. The lowest BCUT2D eigenvalue weighted by Gasteiger charge is -2.38. The Bertz CT molecular complexity index is 814. The number of benzene rings is 2. The lowest BCUT2D eigenvalue weighted by atomic mass is 10.0. The van der Waals surface area contributed by atoms with Gasteiger partial charge in [0.15, 0.2) is 0 Å². The molecule has 0 fully saturated rings. The maximum absolute atomic E-state index is 15.6. The highest BCUT2D eigenvalue weighted by Crippen LogP contribution is 2.41. The van der Waals surface area contributed by atoms with Crippen LogP contribution in [0.4, 0.5) is 8.78 Å². The fourth-order valence-corrected chi connectivity index (χ4v) is 9.86. The number of alkyl halides is 2. The molecule has 0 aromatic heterocycles. The Labute approximate surface area is 182 Å². The van der Waals surface area contributed by atoms with Gasteiger partial charge in [0, 0.05) is 6.54 Å². The molecule has 1 nitrogen and oxygen atoms in total. The average molecular weight is 428 g/mol. The van der Waals surface area contributed by atoms with Crippen molar-refractivity contribution >= 4 is 8.07 Å². The van der Waals surface area contributed by atoms with E-state index < -0.39 is 20.0 Å². The van der Waals surface area contributed by atoms with Gasteiger partial charge in [-0.25, -0.2) is 0 Å². The lowest BCUT2D eigenvalue weighted by molar-refractivity contribution is 0.0211. The van der Waals surface area contributed by atoms with Crippen molar-refractivity contribution in [3.63, 3.8) is 0 Å². The van der Waals surface area contributed by atoms with Crippen molar-refractivity contribution in [3.05, 3.63) is 71.8 Å². The van der Waals surface area contributed by atoms with Crippen LogP contribution in [0.2, 0.25) is 16.6 Å². The van der Waals surface area contributed by atoms with Gasteiger partial charge in [-0.3, -0.25) is 5.32 Å². The van der Waals surface area contributed by atoms with Gasteiger partial charge in [0.2, 0.25) is 0 Å². The smallest absolute Gasteiger partial charge is 0.300 e. The Morgan fingerprint density at radius 2 is 1.27 bits per heavy atom. The highest BCUT2D eigenvalue weighted by molar-refractivity contribution is 6.90. The summed E-state index contributed by atoms with van der Waals surface area (Å²) < 4.78 is 31.2. The van der Waals surface area contributed by atoms with Crippen molar-refractivity contribution in [2.75, 3.05) is 0 Å². The van der Waals surface area contributed by atoms with Crippen LogP contribution in [0.15, 0.2) is 60.7 Å². The fraction of sp³-hybridized carbons (Fsp3) is 0.462. The topological polar surface area (TPSA) is 12.0 Å². The molecular weight excluding hydrogens is 392 g/mol. The third-order valence-corrected chi connectivity index (χ3v) is 12.5. The number of rotatable bonds is 8. The minimum absolute atomic E-state index is 0.313. The largest absolute Gasteiger partial charge is 0.326 e. The summed E-state index contributed by atoms with van der Waals surface area (Å²) >= 11 is 0. The summed E-state index contributed by atoms with van der Waals surface area (Å²) in [7, 11) is -2.24. The zero-order valence-electron chi connectivity index (χ0n) is 19.0.